The number of aliphatic imine (C=N–C) groups is 1. The maximum absolute atomic E-state index is 11.4. The number of hydrogen-bond acceptors (Lipinski definition) is 6. The Bertz CT molecular complexity index is 1240. The first-order chi connectivity index (χ1) is 15.8. The van der Waals surface area contributed by atoms with Gasteiger partial charge in [0.2, 0.25) is 10.0 Å². The van der Waals surface area contributed by atoms with E-state index in [0.29, 0.717) is 24.9 Å². The van der Waals surface area contributed by atoms with Crippen LogP contribution in [-0.2, 0) is 27.9 Å². The fourth-order valence-corrected chi connectivity index (χ4v) is 4.74. The second-order valence-electron chi connectivity index (χ2n) is 8.00. The minimum absolute atomic E-state index is 0.154. The van der Waals surface area contributed by atoms with E-state index in [9.17, 15) is 8.42 Å². The lowest BCUT2D eigenvalue weighted by Crippen LogP contribution is -2.27. The third-order valence-electron chi connectivity index (χ3n) is 5.38. The van der Waals surface area contributed by atoms with Crippen molar-refractivity contribution in [2.24, 2.45) is 4.99 Å². The molecule has 3 aromatic rings. The lowest BCUT2D eigenvalue weighted by Gasteiger charge is -2.20. The van der Waals surface area contributed by atoms with Crippen LogP contribution in [0.3, 0.4) is 0 Å². The van der Waals surface area contributed by atoms with Gasteiger partial charge >= 0.3 is 0 Å². The highest BCUT2D eigenvalue weighted by Gasteiger charge is 2.24. The zero-order valence-electron chi connectivity index (χ0n) is 18.9. The van der Waals surface area contributed by atoms with E-state index in [1.807, 2.05) is 24.1 Å². The maximum atomic E-state index is 11.4. The molecule has 1 aliphatic heterocycles. The van der Waals surface area contributed by atoms with Crippen LogP contribution >= 0.6 is 11.8 Å². The minimum Gasteiger partial charge on any atom is -0.460 e. The Kier molecular flexibility index (Phi) is 6.95. The summed E-state index contributed by atoms with van der Waals surface area (Å²) in [6.45, 7) is 1.03. The molecule has 0 saturated heterocycles. The molecular formula is C25H27N3O3S2. The molecule has 0 fully saturated rings. The van der Waals surface area contributed by atoms with E-state index < -0.39 is 10.0 Å². The SMILES string of the molecule is CSc1ccc([C@@H]2N=C(OCc3ccc(NS(C)(=O)=O)cc3)N(C)Cc3ccccc32)cc1. The van der Waals surface area contributed by atoms with Gasteiger partial charge in [0.1, 0.15) is 12.6 Å². The van der Waals surface area contributed by atoms with Crippen LogP contribution in [0, 0.1) is 0 Å². The lowest BCUT2D eigenvalue weighted by atomic mass is 9.95. The Morgan fingerprint density at radius 1 is 1.06 bits per heavy atom. The smallest absolute Gasteiger partial charge is 0.288 e. The summed E-state index contributed by atoms with van der Waals surface area (Å²) in [4.78, 5) is 8.26. The number of ether oxygens (including phenoxy) is 1. The first-order valence-corrected chi connectivity index (χ1v) is 13.6. The van der Waals surface area contributed by atoms with Gasteiger partial charge in [-0.3, -0.25) is 4.72 Å². The number of benzene rings is 3. The van der Waals surface area contributed by atoms with Crippen LogP contribution < -0.4 is 4.72 Å². The first-order valence-electron chi connectivity index (χ1n) is 10.5. The quantitative estimate of drug-likeness (QED) is 0.508. The first kappa shape index (κ1) is 23.2. The highest BCUT2D eigenvalue weighted by atomic mass is 32.2. The average Bonchev–Trinajstić information content (AvgIpc) is 2.93. The molecule has 172 valence electrons. The van der Waals surface area contributed by atoms with Gasteiger partial charge in [-0.05, 0) is 52.8 Å². The highest BCUT2D eigenvalue weighted by molar-refractivity contribution is 7.98. The second kappa shape index (κ2) is 9.89. The molecule has 1 N–H and O–H groups in total. The number of rotatable bonds is 6. The summed E-state index contributed by atoms with van der Waals surface area (Å²) in [5.41, 5.74) is 4.96. The Hall–Kier alpha value is -2.97. The number of nitrogens with one attached hydrogen (secondary N) is 1. The van der Waals surface area contributed by atoms with Crippen molar-refractivity contribution >= 4 is 33.5 Å². The molecule has 0 unspecified atom stereocenters. The molecule has 0 saturated carbocycles. The lowest BCUT2D eigenvalue weighted by molar-refractivity contribution is 0.231. The molecule has 33 heavy (non-hydrogen) atoms. The fraction of sp³-hybridized carbons (Fsp3) is 0.240. The van der Waals surface area contributed by atoms with Crippen molar-refractivity contribution in [2.75, 3.05) is 24.3 Å². The van der Waals surface area contributed by atoms with Crippen molar-refractivity contribution in [1.29, 1.82) is 0 Å². The Morgan fingerprint density at radius 3 is 2.42 bits per heavy atom. The molecule has 0 bridgehead atoms. The number of nitrogens with zero attached hydrogens (tertiary/aromatic N) is 2. The van der Waals surface area contributed by atoms with E-state index >= 15 is 0 Å². The number of anilines is 1. The fourth-order valence-electron chi connectivity index (χ4n) is 3.77. The number of hydrogen-bond donors (Lipinski definition) is 1. The largest absolute Gasteiger partial charge is 0.460 e. The van der Waals surface area contributed by atoms with E-state index in [0.717, 1.165) is 17.4 Å². The molecule has 0 radical (unpaired) electrons. The molecular weight excluding hydrogens is 454 g/mol. The normalized spacial score (nSPS) is 15.9. The van der Waals surface area contributed by atoms with Gasteiger partial charge < -0.3 is 9.64 Å². The third-order valence-corrected chi connectivity index (χ3v) is 6.73. The zero-order chi connectivity index (χ0) is 23.4. The molecule has 4 rings (SSSR count). The van der Waals surface area contributed by atoms with Crippen LogP contribution in [-0.4, -0.2) is 38.9 Å². The van der Waals surface area contributed by atoms with Crippen molar-refractivity contribution in [3.63, 3.8) is 0 Å². The topological polar surface area (TPSA) is 71.0 Å². The van der Waals surface area contributed by atoms with E-state index in [1.54, 1.807) is 23.9 Å². The predicted molar refractivity (Wildman–Crippen MR) is 135 cm³/mol. The standard InChI is InChI=1S/C25H27N3O3S2/c1-28-16-20-6-4-5-7-23(20)24(19-10-14-22(32-2)15-11-19)26-25(28)31-17-18-8-12-21(13-9-18)27-33(3,29)30/h4-15,24,27H,16-17H2,1-3H3/t24-/m0/s1. The predicted octanol–water partition coefficient (Wildman–Crippen LogP) is 4.89. The zero-order valence-corrected chi connectivity index (χ0v) is 20.5. The van der Waals surface area contributed by atoms with Crippen LogP contribution in [0.5, 0.6) is 0 Å². The Balaban J connectivity index is 1.58. The van der Waals surface area contributed by atoms with Crippen molar-refractivity contribution in [2.45, 2.75) is 24.1 Å². The third kappa shape index (κ3) is 5.89. The van der Waals surface area contributed by atoms with Crippen LogP contribution in [0.15, 0.2) is 82.7 Å². The molecule has 1 atom stereocenters. The van der Waals surface area contributed by atoms with Crippen molar-refractivity contribution < 1.29 is 13.2 Å². The molecule has 1 aliphatic rings. The Morgan fingerprint density at radius 2 is 1.76 bits per heavy atom. The van der Waals surface area contributed by atoms with Gasteiger partial charge in [-0.2, -0.15) is 0 Å². The summed E-state index contributed by atoms with van der Waals surface area (Å²) in [7, 11) is -1.32. The molecule has 0 aliphatic carbocycles. The van der Waals surface area contributed by atoms with Gasteiger partial charge in [0, 0.05) is 24.2 Å². The van der Waals surface area contributed by atoms with Gasteiger partial charge in [-0.15, -0.1) is 11.8 Å². The summed E-state index contributed by atoms with van der Waals surface area (Å²) in [6, 6.07) is 24.5. The van der Waals surface area contributed by atoms with Crippen LogP contribution in [0.4, 0.5) is 5.69 Å². The van der Waals surface area contributed by atoms with Crippen molar-refractivity contribution in [3.8, 4) is 0 Å². The maximum Gasteiger partial charge on any atom is 0.288 e. The summed E-state index contributed by atoms with van der Waals surface area (Å²) >= 11 is 1.72. The van der Waals surface area contributed by atoms with Crippen LogP contribution in [0.25, 0.3) is 0 Å². The molecule has 0 amide bonds. The monoisotopic (exact) mass is 481 g/mol. The number of amidine groups is 1. The Labute approximate surface area is 199 Å². The number of sulfonamides is 1. The van der Waals surface area contributed by atoms with Crippen LogP contribution in [0.2, 0.25) is 0 Å². The van der Waals surface area contributed by atoms with Gasteiger partial charge in [0.25, 0.3) is 6.02 Å². The minimum atomic E-state index is -3.30. The molecule has 8 heteroatoms. The summed E-state index contributed by atoms with van der Waals surface area (Å²) < 4.78 is 31.4. The average molecular weight is 482 g/mol. The summed E-state index contributed by atoms with van der Waals surface area (Å²) in [6.07, 6.45) is 3.20. The summed E-state index contributed by atoms with van der Waals surface area (Å²) in [5.74, 6) is 0. The summed E-state index contributed by atoms with van der Waals surface area (Å²) in [5, 5.41) is 0. The van der Waals surface area contributed by atoms with E-state index in [4.69, 9.17) is 9.73 Å². The van der Waals surface area contributed by atoms with Gasteiger partial charge in [0.15, 0.2) is 0 Å². The van der Waals surface area contributed by atoms with Crippen molar-refractivity contribution in [1.82, 2.24) is 4.90 Å². The van der Waals surface area contributed by atoms with Gasteiger partial charge in [-0.25, -0.2) is 13.4 Å². The van der Waals surface area contributed by atoms with Crippen LogP contribution in [0.1, 0.15) is 28.3 Å². The number of fused-ring (bicyclic) bond motifs is 1. The van der Waals surface area contributed by atoms with E-state index in [-0.39, 0.29) is 6.04 Å². The van der Waals surface area contributed by atoms with Crippen molar-refractivity contribution in [3.05, 3.63) is 95.1 Å². The molecule has 3 aromatic carbocycles. The highest BCUT2D eigenvalue weighted by Crippen LogP contribution is 2.33. The molecule has 6 nitrogen and oxygen atoms in total. The van der Waals surface area contributed by atoms with E-state index in [2.05, 4.69) is 59.5 Å². The molecule has 0 aromatic heterocycles. The van der Waals surface area contributed by atoms with Gasteiger partial charge in [-0.1, -0.05) is 48.5 Å². The number of thioether (sulfide) groups is 1. The van der Waals surface area contributed by atoms with Gasteiger partial charge in [0.05, 0.1) is 6.26 Å². The van der Waals surface area contributed by atoms with E-state index in [1.165, 1.54) is 16.0 Å². The molecule has 0 spiro atoms. The molecule has 1 heterocycles. The second-order valence-corrected chi connectivity index (χ2v) is 10.6.